The van der Waals surface area contributed by atoms with Crippen LogP contribution in [0.2, 0.25) is 0 Å². The maximum absolute atomic E-state index is 12.7. The number of alkyl halides is 3. The summed E-state index contributed by atoms with van der Waals surface area (Å²) >= 11 is 0. The maximum atomic E-state index is 12.7. The molecule has 0 bridgehead atoms. The standard InChI is InChI=1S/C13H21F3N2O.ClH/c14-13(15,16)11-3-1-2-10(6-11)12(19)18-8-9-4-5-17-7-9;/h9-11,17H,1-8H2,(H,18,19);1H. The SMILES string of the molecule is Cl.O=C(NCC1CCNC1)C1CCCC(C(F)(F)F)C1. The molecule has 0 aromatic heterocycles. The van der Waals surface area contributed by atoms with Crippen LogP contribution in [0.3, 0.4) is 0 Å². The molecule has 2 rings (SSSR count). The maximum Gasteiger partial charge on any atom is 0.391 e. The minimum Gasteiger partial charge on any atom is -0.356 e. The summed E-state index contributed by atoms with van der Waals surface area (Å²) in [4.78, 5) is 11.9. The fraction of sp³-hybridized carbons (Fsp3) is 0.923. The van der Waals surface area contributed by atoms with Gasteiger partial charge in [-0.2, -0.15) is 13.2 Å². The molecule has 1 aliphatic carbocycles. The third kappa shape index (κ3) is 4.81. The van der Waals surface area contributed by atoms with Gasteiger partial charge in [0.05, 0.1) is 5.92 Å². The molecule has 0 spiro atoms. The molecule has 0 aromatic carbocycles. The van der Waals surface area contributed by atoms with Gasteiger partial charge in [0.1, 0.15) is 0 Å². The first-order chi connectivity index (χ1) is 8.97. The minimum absolute atomic E-state index is 0. The number of rotatable bonds is 3. The Labute approximate surface area is 123 Å². The second kappa shape index (κ2) is 7.50. The Kier molecular flexibility index (Phi) is 6.58. The van der Waals surface area contributed by atoms with Gasteiger partial charge in [0.25, 0.3) is 0 Å². The molecule has 7 heteroatoms. The largest absolute Gasteiger partial charge is 0.391 e. The lowest BCUT2D eigenvalue weighted by atomic mass is 9.80. The van der Waals surface area contributed by atoms with Crippen molar-refractivity contribution in [1.29, 1.82) is 0 Å². The molecule has 1 saturated carbocycles. The van der Waals surface area contributed by atoms with Crippen molar-refractivity contribution in [1.82, 2.24) is 10.6 Å². The molecular formula is C13H22ClF3N2O. The molecule has 2 fully saturated rings. The number of halogens is 4. The van der Waals surface area contributed by atoms with E-state index in [4.69, 9.17) is 0 Å². The molecular weight excluding hydrogens is 293 g/mol. The average molecular weight is 315 g/mol. The Bertz CT molecular complexity index is 319. The van der Waals surface area contributed by atoms with E-state index in [0.717, 1.165) is 19.5 Å². The van der Waals surface area contributed by atoms with Crippen molar-refractivity contribution in [3.05, 3.63) is 0 Å². The zero-order valence-corrected chi connectivity index (χ0v) is 12.2. The highest BCUT2D eigenvalue weighted by atomic mass is 35.5. The van der Waals surface area contributed by atoms with Crippen LogP contribution >= 0.6 is 12.4 Å². The number of carbonyl (C=O) groups excluding carboxylic acids is 1. The van der Waals surface area contributed by atoms with Gasteiger partial charge >= 0.3 is 6.18 Å². The fourth-order valence-electron chi connectivity index (χ4n) is 3.00. The highest BCUT2D eigenvalue weighted by Crippen LogP contribution is 2.39. The zero-order chi connectivity index (χ0) is 13.9. The van der Waals surface area contributed by atoms with Crippen LogP contribution in [0.25, 0.3) is 0 Å². The summed E-state index contributed by atoms with van der Waals surface area (Å²) < 4.78 is 38.0. The lowest BCUT2D eigenvalue weighted by Crippen LogP contribution is -2.39. The van der Waals surface area contributed by atoms with Crippen molar-refractivity contribution in [2.24, 2.45) is 17.8 Å². The number of hydrogen-bond acceptors (Lipinski definition) is 2. The predicted octanol–water partition coefficient (Wildman–Crippen LogP) is 2.50. The molecule has 2 aliphatic rings. The van der Waals surface area contributed by atoms with Crippen molar-refractivity contribution < 1.29 is 18.0 Å². The topological polar surface area (TPSA) is 41.1 Å². The van der Waals surface area contributed by atoms with Gasteiger partial charge in [-0.05, 0) is 44.7 Å². The van der Waals surface area contributed by atoms with E-state index in [9.17, 15) is 18.0 Å². The molecule has 118 valence electrons. The Morgan fingerprint density at radius 1 is 1.25 bits per heavy atom. The Balaban J connectivity index is 0.00000200. The van der Waals surface area contributed by atoms with Crippen LogP contribution < -0.4 is 10.6 Å². The van der Waals surface area contributed by atoms with Gasteiger partial charge in [0.2, 0.25) is 5.91 Å². The predicted molar refractivity (Wildman–Crippen MR) is 72.7 cm³/mol. The first-order valence-corrected chi connectivity index (χ1v) is 7.02. The van der Waals surface area contributed by atoms with Crippen LogP contribution in [-0.2, 0) is 4.79 Å². The van der Waals surface area contributed by atoms with Crippen LogP contribution in [0.1, 0.15) is 32.1 Å². The minimum atomic E-state index is -4.16. The number of nitrogens with one attached hydrogen (secondary N) is 2. The van der Waals surface area contributed by atoms with E-state index < -0.39 is 18.0 Å². The van der Waals surface area contributed by atoms with Gasteiger partial charge in [-0.1, -0.05) is 6.42 Å². The Morgan fingerprint density at radius 2 is 2.00 bits per heavy atom. The second-order valence-corrected chi connectivity index (χ2v) is 5.71. The van der Waals surface area contributed by atoms with Crippen LogP contribution in [-0.4, -0.2) is 31.7 Å². The zero-order valence-electron chi connectivity index (χ0n) is 11.3. The molecule has 1 heterocycles. The van der Waals surface area contributed by atoms with E-state index in [0.29, 0.717) is 25.3 Å². The Morgan fingerprint density at radius 3 is 2.60 bits per heavy atom. The van der Waals surface area contributed by atoms with Gasteiger partial charge < -0.3 is 10.6 Å². The number of hydrogen-bond donors (Lipinski definition) is 2. The first-order valence-electron chi connectivity index (χ1n) is 7.02. The van der Waals surface area contributed by atoms with Crippen molar-refractivity contribution in [2.75, 3.05) is 19.6 Å². The van der Waals surface area contributed by atoms with Crippen molar-refractivity contribution >= 4 is 18.3 Å². The van der Waals surface area contributed by atoms with Gasteiger partial charge in [-0.15, -0.1) is 12.4 Å². The summed E-state index contributed by atoms with van der Waals surface area (Å²) in [6.07, 6.45) is -1.93. The van der Waals surface area contributed by atoms with E-state index in [1.54, 1.807) is 0 Å². The third-order valence-electron chi connectivity index (χ3n) is 4.24. The van der Waals surface area contributed by atoms with Crippen molar-refractivity contribution in [2.45, 2.75) is 38.3 Å². The normalized spacial score (nSPS) is 30.6. The van der Waals surface area contributed by atoms with E-state index in [-0.39, 0.29) is 31.2 Å². The lowest BCUT2D eigenvalue weighted by molar-refractivity contribution is -0.186. The average Bonchev–Trinajstić information content (AvgIpc) is 2.88. The van der Waals surface area contributed by atoms with Gasteiger partial charge in [-0.25, -0.2) is 0 Å². The van der Waals surface area contributed by atoms with E-state index in [1.807, 2.05) is 0 Å². The molecule has 3 atom stereocenters. The van der Waals surface area contributed by atoms with Crippen LogP contribution in [0.15, 0.2) is 0 Å². The highest BCUT2D eigenvalue weighted by Gasteiger charge is 2.43. The van der Waals surface area contributed by atoms with E-state index in [1.165, 1.54) is 0 Å². The number of amides is 1. The van der Waals surface area contributed by atoms with Crippen molar-refractivity contribution in [3.63, 3.8) is 0 Å². The summed E-state index contributed by atoms with van der Waals surface area (Å²) in [7, 11) is 0. The molecule has 3 nitrogen and oxygen atoms in total. The first kappa shape index (κ1) is 17.6. The summed E-state index contributed by atoms with van der Waals surface area (Å²) in [5.74, 6) is -1.54. The summed E-state index contributed by atoms with van der Waals surface area (Å²) in [6.45, 7) is 2.43. The third-order valence-corrected chi connectivity index (χ3v) is 4.24. The molecule has 0 aromatic rings. The van der Waals surface area contributed by atoms with E-state index >= 15 is 0 Å². The Hall–Kier alpha value is -0.490. The lowest BCUT2D eigenvalue weighted by Gasteiger charge is -2.30. The fourth-order valence-corrected chi connectivity index (χ4v) is 3.00. The molecule has 1 aliphatic heterocycles. The van der Waals surface area contributed by atoms with Gasteiger partial charge in [0, 0.05) is 12.5 Å². The molecule has 1 saturated heterocycles. The molecule has 0 radical (unpaired) electrons. The molecule has 2 N–H and O–H groups in total. The monoisotopic (exact) mass is 314 g/mol. The highest BCUT2D eigenvalue weighted by molar-refractivity contribution is 5.85. The molecule has 1 amide bonds. The smallest absolute Gasteiger partial charge is 0.356 e. The van der Waals surface area contributed by atoms with Crippen LogP contribution in [0, 0.1) is 17.8 Å². The summed E-state index contributed by atoms with van der Waals surface area (Å²) in [6, 6.07) is 0. The van der Waals surface area contributed by atoms with Crippen molar-refractivity contribution in [3.8, 4) is 0 Å². The van der Waals surface area contributed by atoms with Gasteiger partial charge in [-0.3, -0.25) is 4.79 Å². The van der Waals surface area contributed by atoms with Crippen LogP contribution in [0.5, 0.6) is 0 Å². The van der Waals surface area contributed by atoms with Crippen LogP contribution in [0.4, 0.5) is 13.2 Å². The number of carbonyl (C=O) groups is 1. The van der Waals surface area contributed by atoms with Gasteiger partial charge in [0.15, 0.2) is 0 Å². The quantitative estimate of drug-likeness (QED) is 0.840. The molecule has 20 heavy (non-hydrogen) atoms. The summed E-state index contributed by atoms with van der Waals surface area (Å²) in [5.41, 5.74) is 0. The second-order valence-electron chi connectivity index (χ2n) is 5.71. The summed E-state index contributed by atoms with van der Waals surface area (Å²) in [5, 5.41) is 6.02. The molecule has 3 unspecified atom stereocenters. The van der Waals surface area contributed by atoms with E-state index in [2.05, 4.69) is 10.6 Å².